The van der Waals surface area contributed by atoms with E-state index >= 15 is 0 Å². The molecule has 0 saturated carbocycles. The maximum absolute atomic E-state index is 13.1. The van der Waals surface area contributed by atoms with Gasteiger partial charge in [0.25, 0.3) is 0 Å². The number of aryl methyl sites for hydroxylation is 1. The van der Waals surface area contributed by atoms with Gasteiger partial charge in [0, 0.05) is 17.8 Å². The van der Waals surface area contributed by atoms with Gasteiger partial charge in [0.05, 0.1) is 23.4 Å². The number of amidine groups is 1. The number of nitrogens with one attached hydrogen (secondary N) is 1. The summed E-state index contributed by atoms with van der Waals surface area (Å²) in [6.45, 7) is 5.32. The standard InChI is InChI=1S/C27H33N5O2/c1-5-34-27(33)22-19(2)30-26(31-21-15-10-7-11-16-21)24(23(22)20-13-8-6-9-14-20)25(28)29-17-12-18-32(3)4/h6-11,13-16H,5,12,17-18H2,1-4H3,(H2,28,29)(H,30,31). The van der Waals surface area contributed by atoms with Gasteiger partial charge in [-0.2, -0.15) is 0 Å². The summed E-state index contributed by atoms with van der Waals surface area (Å²) in [4.78, 5) is 24.6. The van der Waals surface area contributed by atoms with Crippen molar-refractivity contribution in [1.29, 1.82) is 0 Å². The molecule has 0 amide bonds. The molecule has 3 aromatic rings. The number of carbonyl (C=O) groups excluding carboxylic acids is 1. The Balaban J connectivity index is 2.24. The molecule has 7 heteroatoms. The first-order chi connectivity index (χ1) is 16.4. The summed E-state index contributed by atoms with van der Waals surface area (Å²) in [5, 5.41) is 3.38. The maximum atomic E-state index is 13.1. The van der Waals surface area contributed by atoms with Crippen molar-refractivity contribution in [3.63, 3.8) is 0 Å². The van der Waals surface area contributed by atoms with Crippen LogP contribution in [0.4, 0.5) is 11.5 Å². The number of aromatic nitrogens is 1. The molecule has 0 radical (unpaired) electrons. The SMILES string of the molecule is CCOC(=O)c1c(C)nc(Nc2ccccc2)c(C(N)=NCCCN(C)C)c1-c1ccccc1. The van der Waals surface area contributed by atoms with E-state index in [2.05, 4.69) is 15.2 Å². The molecule has 0 aliphatic carbocycles. The van der Waals surface area contributed by atoms with E-state index in [9.17, 15) is 4.79 Å². The summed E-state index contributed by atoms with van der Waals surface area (Å²) >= 11 is 0. The highest BCUT2D eigenvalue weighted by molar-refractivity contribution is 6.13. The summed E-state index contributed by atoms with van der Waals surface area (Å²) in [6.07, 6.45) is 0.861. The van der Waals surface area contributed by atoms with Crippen LogP contribution in [-0.4, -0.2) is 55.5 Å². The molecule has 1 aromatic heterocycles. The molecule has 7 nitrogen and oxygen atoms in total. The van der Waals surface area contributed by atoms with Crippen molar-refractivity contribution in [2.45, 2.75) is 20.3 Å². The molecule has 3 N–H and O–H groups in total. The highest BCUT2D eigenvalue weighted by Gasteiger charge is 2.26. The van der Waals surface area contributed by atoms with E-state index in [4.69, 9.17) is 15.5 Å². The third kappa shape index (κ3) is 6.20. The van der Waals surface area contributed by atoms with E-state index in [1.54, 1.807) is 6.92 Å². The van der Waals surface area contributed by atoms with Crippen LogP contribution in [0.5, 0.6) is 0 Å². The van der Waals surface area contributed by atoms with Gasteiger partial charge in [-0.05, 0) is 58.6 Å². The van der Waals surface area contributed by atoms with Crippen molar-refractivity contribution in [1.82, 2.24) is 9.88 Å². The van der Waals surface area contributed by atoms with Crippen LogP contribution in [0.3, 0.4) is 0 Å². The lowest BCUT2D eigenvalue weighted by Crippen LogP contribution is -2.22. The summed E-state index contributed by atoms with van der Waals surface area (Å²) in [7, 11) is 4.05. The summed E-state index contributed by atoms with van der Waals surface area (Å²) < 4.78 is 5.40. The van der Waals surface area contributed by atoms with E-state index in [0.717, 1.165) is 24.2 Å². The van der Waals surface area contributed by atoms with Gasteiger partial charge in [-0.1, -0.05) is 48.5 Å². The Hall–Kier alpha value is -3.71. The third-order valence-electron chi connectivity index (χ3n) is 5.26. The van der Waals surface area contributed by atoms with Crippen molar-refractivity contribution in [3.05, 3.63) is 77.5 Å². The molecule has 0 saturated heterocycles. The molecule has 2 aromatic carbocycles. The third-order valence-corrected chi connectivity index (χ3v) is 5.26. The Bertz CT molecular complexity index is 1130. The zero-order chi connectivity index (χ0) is 24.5. The number of aliphatic imine (C=N–C) groups is 1. The number of pyridine rings is 1. The number of carbonyl (C=O) groups is 1. The molecular formula is C27H33N5O2. The number of hydrogen-bond acceptors (Lipinski definition) is 6. The number of ether oxygens (including phenoxy) is 1. The number of nitrogens with zero attached hydrogens (tertiary/aromatic N) is 3. The molecule has 0 spiro atoms. The van der Waals surface area contributed by atoms with Crippen molar-refractivity contribution in [2.24, 2.45) is 10.7 Å². The fourth-order valence-electron chi connectivity index (χ4n) is 3.71. The topological polar surface area (TPSA) is 92.8 Å². The van der Waals surface area contributed by atoms with E-state index in [0.29, 0.717) is 40.6 Å². The molecule has 1 heterocycles. The molecular weight excluding hydrogens is 426 g/mol. The normalized spacial score (nSPS) is 11.5. The summed E-state index contributed by atoms with van der Waals surface area (Å²) in [6, 6.07) is 19.4. The Morgan fingerprint density at radius 2 is 1.71 bits per heavy atom. The number of esters is 1. The van der Waals surface area contributed by atoms with Gasteiger partial charge in [0.15, 0.2) is 0 Å². The Labute approximate surface area is 201 Å². The van der Waals surface area contributed by atoms with Gasteiger partial charge in [-0.3, -0.25) is 4.99 Å². The highest BCUT2D eigenvalue weighted by atomic mass is 16.5. The summed E-state index contributed by atoms with van der Waals surface area (Å²) in [5.41, 5.74) is 10.5. The minimum absolute atomic E-state index is 0.264. The number of hydrogen-bond donors (Lipinski definition) is 2. The number of para-hydroxylation sites is 1. The molecule has 3 rings (SSSR count). The molecule has 178 valence electrons. The van der Waals surface area contributed by atoms with Gasteiger partial charge in [-0.15, -0.1) is 0 Å². The first-order valence-electron chi connectivity index (χ1n) is 11.5. The first kappa shape index (κ1) is 24.9. The second-order valence-corrected chi connectivity index (χ2v) is 8.17. The fraction of sp³-hybridized carbons (Fsp3) is 0.296. The Morgan fingerprint density at radius 1 is 1.06 bits per heavy atom. The lowest BCUT2D eigenvalue weighted by Gasteiger charge is -2.20. The van der Waals surface area contributed by atoms with Crippen molar-refractivity contribution >= 4 is 23.3 Å². The van der Waals surface area contributed by atoms with Crippen LogP contribution in [0.1, 0.15) is 35.0 Å². The lowest BCUT2D eigenvalue weighted by molar-refractivity contribution is 0.0526. The predicted octanol–water partition coefficient (Wildman–Crippen LogP) is 4.63. The second-order valence-electron chi connectivity index (χ2n) is 8.17. The molecule has 34 heavy (non-hydrogen) atoms. The highest BCUT2D eigenvalue weighted by Crippen LogP contribution is 2.35. The minimum atomic E-state index is -0.431. The largest absolute Gasteiger partial charge is 0.462 e. The van der Waals surface area contributed by atoms with E-state index < -0.39 is 5.97 Å². The maximum Gasteiger partial charge on any atom is 0.340 e. The second kappa shape index (κ2) is 12.0. The molecule has 0 aliphatic rings. The van der Waals surface area contributed by atoms with Gasteiger partial charge in [0.2, 0.25) is 0 Å². The van der Waals surface area contributed by atoms with Crippen LogP contribution in [0.2, 0.25) is 0 Å². The van der Waals surface area contributed by atoms with Crippen molar-refractivity contribution in [2.75, 3.05) is 39.1 Å². The molecule has 0 aliphatic heterocycles. The van der Waals surface area contributed by atoms with E-state index in [1.807, 2.05) is 81.7 Å². The number of rotatable bonds is 10. The summed E-state index contributed by atoms with van der Waals surface area (Å²) in [5.74, 6) is 0.442. The van der Waals surface area contributed by atoms with Gasteiger partial charge in [-0.25, -0.2) is 9.78 Å². The molecule has 0 unspecified atom stereocenters. The van der Waals surface area contributed by atoms with E-state index in [-0.39, 0.29) is 6.61 Å². The lowest BCUT2D eigenvalue weighted by atomic mass is 9.93. The molecule has 0 bridgehead atoms. The minimum Gasteiger partial charge on any atom is -0.462 e. The van der Waals surface area contributed by atoms with Crippen LogP contribution >= 0.6 is 0 Å². The average Bonchev–Trinajstić information content (AvgIpc) is 2.82. The van der Waals surface area contributed by atoms with E-state index in [1.165, 1.54) is 0 Å². The molecule has 0 atom stereocenters. The number of nitrogens with two attached hydrogens (primary N) is 1. The van der Waals surface area contributed by atoms with Crippen LogP contribution in [0, 0.1) is 6.92 Å². The monoisotopic (exact) mass is 459 g/mol. The van der Waals surface area contributed by atoms with Crippen molar-refractivity contribution in [3.8, 4) is 11.1 Å². The first-order valence-corrected chi connectivity index (χ1v) is 11.5. The van der Waals surface area contributed by atoms with Gasteiger partial charge in [0.1, 0.15) is 11.7 Å². The van der Waals surface area contributed by atoms with Crippen molar-refractivity contribution < 1.29 is 9.53 Å². The smallest absolute Gasteiger partial charge is 0.340 e. The number of benzene rings is 2. The quantitative estimate of drug-likeness (QED) is 0.199. The number of anilines is 2. The molecule has 0 fully saturated rings. The Morgan fingerprint density at radius 3 is 2.32 bits per heavy atom. The Kier molecular flexibility index (Phi) is 8.76. The zero-order valence-electron chi connectivity index (χ0n) is 20.3. The zero-order valence-corrected chi connectivity index (χ0v) is 20.3. The predicted molar refractivity (Wildman–Crippen MR) is 139 cm³/mol. The van der Waals surface area contributed by atoms with Gasteiger partial charge < -0.3 is 20.7 Å². The average molecular weight is 460 g/mol. The van der Waals surface area contributed by atoms with Crippen LogP contribution < -0.4 is 11.1 Å². The van der Waals surface area contributed by atoms with Crippen LogP contribution in [0.25, 0.3) is 11.1 Å². The van der Waals surface area contributed by atoms with Gasteiger partial charge >= 0.3 is 5.97 Å². The fourth-order valence-corrected chi connectivity index (χ4v) is 3.71. The van der Waals surface area contributed by atoms with Crippen LogP contribution in [-0.2, 0) is 4.74 Å². The van der Waals surface area contributed by atoms with Crippen LogP contribution in [0.15, 0.2) is 65.7 Å².